The Morgan fingerprint density at radius 2 is 1.31 bits per heavy atom. The van der Waals surface area contributed by atoms with Gasteiger partial charge in [0.25, 0.3) is 0 Å². The third-order valence-corrected chi connectivity index (χ3v) is 9.64. The van der Waals surface area contributed by atoms with E-state index < -0.39 is 41.7 Å². The van der Waals surface area contributed by atoms with E-state index >= 15 is 0 Å². The van der Waals surface area contributed by atoms with E-state index in [0.29, 0.717) is 18.6 Å². The molecule has 0 rings (SSSR count). The molecule has 214 valence electrons. The Kier molecular flexibility index (Phi) is 22.3. The van der Waals surface area contributed by atoms with E-state index in [-0.39, 0.29) is 6.61 Å². The zero-order chi connectivity index (χ0) is 27.2. The fourth-order valence-electron chi connectivity index (χ4n) is 4.18. The van der Waals surface area contributed by atoms with Crippen molar-refractivity contribution in [1.82, 2.24) is 0 Å². The molecule has 7 nitrogen and oxygen atoms in total. The number of carboxylic acids is 1. The molecule has 0 radical (unpaired) electrons. The van der Waals surface area contributed by atoms with Crippen LogP contribution in [0.2, 0.25) is 0 Å². The van der Waals surface area contributed by atoms with Crippen LogP contribution in [0.4, 0.5) is 0 Å². The highest BCUT2D eigenvalue weighted by molar-refractivity contribution is 7.85. The molecule has 0 saturated heterocycles. The van der Waals surface area contributed by atoms with E-state index in [1.165, 1.54) is 57.8 Å². The summed E-state index contributed by atoms with van der Waals surface area (Å²) >= 11 is 0. The van der Waals surface area contributed by atoms with Gasteiger partial charge in [-0.25, -0.2) is 4.79 Å². The number of ether oxygens (including phenoxy) is 1. The topological polar surface area (TPSA) is 110 Å². The Morgan fingerprint density at radius 3 is 1.78 bits per heavy atom. The molecular weight excluding hydrogens is 499 g/mol. The Bertz CT molecular complexity index is 605. The maximum absolute atomic E-state index is 13.3. The molecular formula is C27H54O7PS+. The van der Waals surface area contributed by atoms with Gasteiger partial charge in [0.2, 0.25) is 0 Å². The molecule has 0 heterocycles. The molecule has 5 atom stereocenters. The highest BCUT2D eigenvalue weighted by Gasteiger charge is 2.61. The van der Waals surface area contributed by atoms with Crippen LogP contribution >= 0.6 is 8.03 Å². The van der Waals surface area contributed by atoms with Crippen molar-refractivity contribution in [3.05, 3.63) is 0 Å². The zero-order valence-electron chi connectivity index (χ0n) is 23.4. The summed E-state index contributed by atoms with van der Waals surface area (Å²) < 4.78 is 36.1. The smallest absolute Gasteiger partial charge is 0.474 e. The number of rotatable bonds is 26. The number of aliphatic carboxylic acids is 1. The van der Waals surface area contributed by atoms with Crippen molar-refractivity contribution < 1.29 is 33.0 Å². The summed E-state index contributed by atoms with van der Waals surface area (Å²) in [5, 5.41) is 19.7. The Balaban J connectivity index is 4.95. The Labute approximate surface area is 223 Å². The minimum Gasteiger partial charge on any atom is -0.474 e. The van der Waals surface area contributed by atoms with Gasteiger partial charge in [0.05, 0.1) is 11.4 Å². The van der Waals surface area contributed by atoms with Gasteiger partial charge in [0.1, 0.15) is 6.61 Å². The Morgan fingerprint density at radius 1 is 0.833 bits per heavy atom. The second-order valence-electron chi connectivity index (χ2n) is 9.83. The second kappa shape index (κ2) is 22.6. The lowest BCUT2D eigenvalue weighted by Gasteiger charge is -2.26. The molecule has 0 aromatic rings. The molecule has 0 aliphatic rings. The average Bonchev–Trinajstić information content (AvgIpc) is 2.85. The minimum absolute atomic E-state index is 0.0499. The molecule has 0 aliphatic carbocycles. The summed E-state index contributed by atoms with van der Waals surface area (Å²) in [6.07, 6.45) is 17.4. The van der Waals surface area contributed by atoms with E-state index in [2.05, 4.69) is 13.8 Å². The van der Waals surface area contributed by atoms with Crippen molar-refractivity contribution in [2.45, 2.75) is 154 Å². The number of aliphatic hydroxyl groups is 1. The molecule has 0 aromatic carbocycles. The summed E-state index contributed by atoms with van der Waals surface area (Å²) in [5.74, 6) is -1.23. The van der Waals surface area contributed by atoms with Gasteiger partial charge in [-0.1, -0.05) is 111 Å². The third-order valence-electron chi connectivity index (χ3n) is 6.44. The van der Waals surface area contributed by atoms with Crippen molar-refractivity contribution in [3.63, 3.8) is 0 Å². The molecule has 0 spiro atoms. The fourth-order valence-corrected chi connectivity index (χ4v) is 6.82. The van der Waals surface area contributed by atoms with Gasteiger partial charge >= 0.3 is 19.5 Å². The van der Waals surface area contributed by atoms with Gasteiger partial charge in [0.15, 0.2) is 0 Å². The summed E-state index contributed by atoms with van der Waals surface area (Å²) in [5.41, 5.74) is -2.95. The molecule has 0 amide bonds. The zero-order valence-corrected chi connectivity index (χ0v) is 25.1. The minimum atomic E-state index is -3.01. The van der Waals surface area contributed by atoms with E-state index in [1.807, 2.05) is 0 Å². The van der Waals surface area contributed by atoms with Gasteiger partial charge < -0.3 is 10.2 Å². The molecule has 0 saturated carbocycles. The Hall–Kier alpha value is -0.400. The lowest BCUT2D eigenvalue weighted by molar-refractivity contribution is -0.203. The van der Waals surface area contributed by atoms with Crippen molar-refractivity contribution >= 4 is 24.8 Å². The highest BCUT2D eigenvalue weighted by Crippen LogP contribution is 2.41. The average molecular weight is 554 g/mol. The van der Waals surface area contributed by atoms with Gasteiger partial charge in [-0.05, 0) is 30.8 Å². The van der Waals surface area contributed by atoms with E-state index in [4.69, 9.17) is 9.26 Å². The highest BCUT2D eigenvalue weighted by atomic mass is 32.2. The maximum atomic E-state index is 13.3. The normalized spacial score (nSPS) is 16.3. The summed E-state index contributed by atoms with van der Waals surface area (Å²) in [6.45, 7) is 7.84. The van der Waals surface area contributed by atoms with Crippen molar-refractivity contribution in [3.8, 4) is 0 Å². The molecule has 0 fully saturated rings. The predicted octanol–water partition coefficient (Wildman–Crippen LogP) is 7.69. The van der Waals surface area contributed by atoms with Crippen molar-refractivity contribution in [2.24, 2.45) is 0 Å². The lowest BCUT2D eigenvalue weighted by Crippen LogP contribution is -2.45. The molecule has 2 N–H and O–H groups in total. The first-order chi connectivity index (χ1) is 17.2. The molecule has 0 bridgehead atoms. The summed E-state index contributed by atoms with van der Waals surface area (Å²) in [7, 11) is -4.25. The first-order valence-electron chi connectivity index (χ1n) is 14.3. The van der Waals surface area contributed by atoms with Crippen LogP contribution in [0.3, 0.4) is 0 Å². The van der Waals surface area contributed by atoms with Crippen LogP contribution in [-0.2, 0) is 29.4 Å². The monoisotopic (exact) mass is 553 g/mol. The SMILES string of the molecule is CCCCCCCCCCCS(=O)C(CCCCCCCC)C(C)OC(O)(C(=O)O)[P+](=O)OCCC. The number of unbranched alkanes of at least 4 members (excludes halogenated alkanes) is 13. The largest absolute Gasteiger partial charge is 0.589 e. The van der Waals surface area contributed by atoms with Crippen LogP contribution < -0.4 is 0 Å². The predicted molar refractivity (Wildman–Crippen MR) is 149 cm³/mol. The molecule has 0 aromatic heterocycles. The van der Waals surface area contributed by atoms with Crippen LogP contribution in [0.25, 0.3) is 0 Å². The molecule has 5 unspecified atom stereocenters. The molecule has 9 heteroatoms. The number of hydrogen-bond acceptors (Lipinski definition) is 6. The third kappa shape index (κ3) is 15.8. The van der Waals surface area contributed by atoms with Crippen LogP contribution in [0.1, 0.15) is 137 Å². The van der Waals surface area contributed by atoms with Gasteiger partial charge in [0, 0.05) is 16.6 Å². The lowest BCUT2D eigenvalue weighted by atomic mass is 10.1. The van der Waals surface area contributed by atoms with E-state index in [1.54, 1.807) is 13.8 Å². The molecule has 36 heavy (non-hydrogen) atoms. The van der Waals surface area contributed by atoms with Gasteiger partial charge in [-0.2, -0.15) is 0 Å². The van der Waals surface area contributed by atoms with Crippen molar-refractivity contribution in [2.75, 3.05) is 12.4 Å². The van der Waals surface area contributed by atoms with Crippen LogP contribution in [0, 0.1) is 0 Å². The van der Waals surface area contributed by atoms with Gasteiger partial charge in [-0.15, -0.1) is 4.52 Å². The quantitative estimate of drug-likeness (QED) is 0.0642. The maximum Gasteiger partial charge on any atom is 0.589 e. The number of carboxylic acid groups (broad SMARTS) is 1. The first kappa shape index (κ1) is 35.6. The number of hydrogen-bond donors (Lipinski definition) is 2. The van der Waals surface area contributed by atoms with Crippen molar-refractivity contribution in [1.29, 1.82) is 0 Å². The summed E-state index contributed by atoms with van der Waals surface area (Å²) in [6, 6.07) is 0. The van der Waals surface area contributed by atoms with Crippen LogP contribution in [-0.4, -0.2) is 49.6 Å². The first-order valence-corrected chi connectivity index (χ1v) is 16.9. The van der Waals surface area contributed by atoms with Crippen LogP contribution in [0.5, 0.6) is 0 Å². The second-order valence-corrected chi connectivity index (χ2v) is 13.0. The van der Waals surface area contributed by atoms with E-state index in [0.717, 1.165) is 38.5 Å². The standard InChI is InChI=1S/C27H53O7PS/c1-5-8-10-12-14-15-16-18-20-23-36(32)25(21-19-17-13-11-9-6-2)24(4)34-27(30,26(28)29)35(31)33-22-7-3/h24-25,30H,5-23H2,1-4H3/p+1. The van der Waals surface area contributed by atoms with Crippen LogP contribution in [0.15, 0.2) is 0 Å². The molecule has 0 aliphatic heterocycles. The summed E-state index contributed by atoms with van der Waals surface area (Å²) in [4.78, 5) is 11.8. The van der Waals surface area contributed by atoms with Gasteiger partial charge in [-0.3, -0.25) is 8.95 Å². The van der Waals surface area contributed by atoms with E-state index in [9.17, 15) is 23.8 Å². The fraction of sp³-hybridized carbons (Fsp3) is 0.963. The number of carbonyl (C=O) groups is 1.